The van der Waals surface area contributed by atoms with Crippen molar-refractivity contribution in [3.05, 3.63) is 0 Å². The average Bonchev–Trinajstić information content (AvgIpc) is 2.23. The van der Waals surface area contributed by atoms with Crippen molar-refractivity contribution in [1.29, 1.82) is 0 Å². The van der Waals surface area contributed by atoms with Crippen molar-refractivity contribution in [2.75, 3.05) is 6.54 Å². The molecule has 18 heavy (non-hydrogen) atoms. The highest BCUT2D eigenvalue weighted by atomic mass is 16.4. The fourth-order valence-corrected chi connectivity index (χ4v) is 0.973. The molecule has 0 aromatic carbocycles. The molecule has 2 unspecified atom stereocenters. The van der Waals surface area contributed by atoms with E-state index in [-0.39, 0.29) is 0 Å². The number of carboxylic acids is 2. The zero-order valence-corrected chi connectivity index (χ0v) is 9.67. The average molecular weight is 261 g/mol. The van der Waals surface area contributed by atoms with Gasteiger partial charge in [0.25, 0.3) is 0 Å². The van der Waals surface area contributed by atoms with Crippen LogP contribution in [0.5, 0.6) is 0 Å². The summed E-state index contributed by atoms with van der Waals surface area (Å²) >= 11 is 0. The number of aliphatic carboxylic acids is 2. The maximum absolute atomic E-state index is 11.4. The Morgan fingerprint density at radius 3 is 2.06 bits per heavy atom. The van der Waals surface area contributed by atoms with Gasteiger partial charge in [-0.05, 0) is 6.92 Å². The lowest BCUT2D eigenvalue weighted by atomic mass is 10.1. The van der Waals surface area contributed by atoms with E-state index in [1.165, 1.54) is 6.92 Å². The van der Waals surface area contributed by atoms with Crippen LogP contribution < -0.4 is 16.4 Å². The monoisotopic (exact) mass is 261 g/mol. The van der Waals surface area contributed by atoms with Gasteiger partial charge in [-0.1, -0.05) is 0 Å². The molecule has 0 heterocycles. The number of carbonyl (C=O) groups is 4. The van der Waals surface area contributed by atoms with Gasteiger partial charge in [0, 0.05) is 0 Å². The molecule has 0 aromatic rings. The number of carbonyl (C=O) groups excluding carboxylic acids is 2. The molecule has 6 N–H and O–H groups in total. The third-order valence-electron chi connectivity index (χ3n) is 1.84. The summed E-state index contributed by atoms with van der Waals surface area (Å²) in [4.78, 5) is 43.5. The van der Waals surface area contributed by atoms with Crippen molar-refractivity contribution >= 4 is 23.8 Å². The minimum atomic E-state index is -1.36. The minimum Gasteiger partial charge on any atom is -0.481 e. The second kappa shape index (κ2) is 7.22. The van der Waals surface area contributed by atoms with E-state index in [9.17, 15) is 19.2 Å². The quantitative estimate of drug-likeness (QED) is 0.338. The third kappa shape index (κ3) is 6.43. The van der Waals surface area contributed by atoms with Crippen molar-refractivity contribution < 1.29 is 29.4 Å². The van der Waals surface area contributed by atoms with Gasteiger partial charge in [-0.25, -0.2) is 0 Å². The first-order valence-electron chi connectivity index (χ1n) is 5.01. The molecule has 9 nitrogen and oxygen atoms in total. The van der Waals surface area contributed by atoms with Gasteiger partial charge >= 0.3 is 11.9 Å². The SMILES string of the molecule is CC(N)C(=O)NC(CC(=O)O)C(=O)NCC(=O)O. The van der Waals surface area contributed by atoms with Crippen molar-refractivity contribution in [2.45, 2.75) is 25.4 Å². The van der Waals surface area contributed by atoms with Crippen LogP contribution in [0.3, 0.4) is 0 Å². The fraction of sp³-hybridized carbons (Fsp3) is 0.556. The number of carboxylic acid groups (broad SMARTS) is 2. The summed E-state index contributed by atoms with van der Waals surface area (Å²) in [6.07, 6.45) is -0.663. The summed E-state index contributed by atoms with van der Waals surface area (Å²) in [5.41, 5.74) is 5.25. The maximum atomic E-state index is 11.4. The Bertz CT molecular complexity index is 354. The Labute approximate surface area is 102 Å². The van der Waals surface area contributed by atoms with Crippen LogP contribution in [0.4, 0.5) is 0 Å². The Morgan fingerprint density at radius 1 is 1.11 bits per heavy atom. The first-order valence-corrected chi connectivity index (χ1v) is 5.01. The predicted octanol–water partition coefficient (Wildman–Crippen LogP) is -2.51. The van der Waals surface area contributed by atoms with Gasteiger partial charge in [0.2, 0.25) is 11.8 Å². The van der Waals surface area contributed by atoms with E-state index in [0.29, 0.717) is 0 Å². The largest absolute Gasteiger partial charge is 0.481 e. The van der Waals surface area contributed by atoms with Gasteiger partial charge in [0.05, 0.1) is 12.5 Å². The van der Waals surface area contributed by atoms with E-state index in [1.807, 2.05) is 5.32 Å². The maximum Gasteiger partial charge on any atom is 0.322 e. The normalized spacial score (nSPS) is 13.2. The second-order valence-corrected chi connectivity index (χ2v) is 3.56. The van der Waals surface area contributed by atoms with Gasteiger partial charge in [-0.3, -0.25) is 19.2 Å². The van der Waals surface area contributed by atoms with Crippen LogP contribution in [0.25, 0.3) is 0 Å². The number of hydrogen-bond donors (Lipinski definition) is 5. The van der Waals surface area contributed by atoms with Crippen molar-refractivity contribution in [2.24, 2.45) is 5.73 Å². The number of hydrogen-bond acceptors (Lipinski definition) is 5. The Morgan fingerprint density at radius 2 is 1.67 bits per heavy atom. The molecule has 0 spiro atoms. The zero-order chi connectivity index (χ0) is 14.3. The molecule has 9 heteroatoms. The molecule has 0 aliphatic carbocycles. The molecule has 102 valence electrons. The summed E-state index contributed by atoms with van der Waals surface area (Å²) < 4.78 is 0. The molecule has 0 radical (unpaired) electrons. The second-order valence-electron chi connectivity index (χ2n) is 3.56. The highest BCUT2D eigenvalue weighted by Crippen LogP contribution is 1.94. The van der Waals surface area contributed by atoms with Gasteiger partial charge in [-0.2, -0.15) is 0 Å². The molecular weight excluding hydrogens is 246 g/mol. The summed E-state index contributed by atoms with van der Waals surface area (Å²) in [5.74, 6) is -4.19. The molecule has 0 aromatic heterocycles. The standard InChI is InChI=1S/C9H15N3O6/c1-4(10)8(17)12-5(2-6(13)14)9(18)11-3-7(15)16/h4-5H,2-3,10H2,1H3,(H,11,18)(H,12,17)(H,13,14)(H,15,16). The lowest BCUT2D eigenvalue weighted by molar-refractivity contribution is -0.141. The molecule has 0 aliphatic heterocycles. The van der Waals surface area contributed by atoms with Gasteiger partial charge in [-0.15, -0.1) is 0 Å². The van der Waals surface area contributed by atoms with Crippen LogP contribution in [0, 0.1) is 0 Å². The molecule has 2 atom stereocenters. The molecule has 0 rings (SSSR count). The van der Waals surface area contributed by atoms with E-state index >= 15 is 0 Å². The summed E-state index contributed by atoms with van der Waals surface area (Å²) in [6.45, 7) is 0.700. The van der Waals surface area contributed by atoms with E-state index < -0.39 is 48.8 Å². The van der Waals surface area contributed by atoms with Crippen molar-refractivity contribution in [3.8, 4) is 0 Å². The van der Waals surface area contributed by atoms with Crippen LogP contribution in [-0.4, -0.2) is 52.6 Å². The van der Waals surface area contributed by atoms with Crippen molar-refractivity contribution in [3.63, 3.8) is 0 Å². The van der Waals surface area contributed by atoms with Crippen LogP contribution in [0.2, 0.25) is 0 Å². The highest BCUT2D eigenvalue weighted by molar-refractivity contribution is 5.93. The molecule has 0 saturated heterocycles. The summed E-state index contributed by atoms with van der Waals surface area (Å²) in [5, 5.41) is 21.0. The molecule has 0 bridgehead atoms. The number of amides is 2. The number of nitrogens with two attached hydrogens (primary N) is 1. The summed E-state index contributed by atoms with van der Waals surface area (Å²) in [7, 11) is 0. The topological polar surface area (TPSA) is 159 Å². The minimum absolute atomic E-state index is 0.663. The first-order chi connectivity index (χ1) is 8.23. The van der Waals surface area contributed by atoms with Crippen LogP contribution in [0.1, 0.15) is 13.3 Å². The Kier molecular flexibility index (Phi) is 6.35. The Hall–Kier alpha value is -2.16. The lowest BCUT2D eigenvalue weighted by Gasteiger charge is -2.17. The first kappa shape index (κ1) is 15.8. The predicted molar refractivity (Wildman–Crippen MR) is 58.5 cm³/mol. The van der Waals surface area contributed by atoms with E-state index in [2.05, 4.69) is 5.32 Å². The third-order valence-corrected chi connectivity index (χ3v) is 1.84. The smallest absolute Gasteiger partial charge is 0.322 e. The highest BCUT2D eigenvalue weighted by Gasteiger charge is 2.24. The van der Waals surface area contributed by atoms with Crippen LogP contribution >= 0.6 is 0 Å². The lowest BCUT2D eigenvalue weighted by Crippen LogP contribution is -2.52. The molecule has 0 saturated carbocycles. The fourth-order valence-electron chi connectivity index (χ4n) is 0.973. The van der Waals surface area contributed by atoms with E-state index in [4.69, 9.17) is 15.9 Å². The van der Waals surface area contributed by atoms with Crippen molar-refractivity contribution in [1.82, 2.24) is 10.6 Å². The Balaban J connectivity index is 4.56. The number of nitrogens with one attached hydrogen (secondary N) is 2. The molecular formula is C9H15N3O6. The van der Waals surface area contributed by atoms with Gasteiger partial charge in [0.1, 0.15) is 12.6 Å². The van der Waals surface area contributed by atoms with Gasteiger partial charge in [0.15, 0.2) is 0 Å². The summed E-state index contributed by atoms with van der Waals surface area (Å²) in [6, 6.07) is -2.27. The number of rotatable bonds is 7. The zero-order valence-electron chi connectivity index (χ0n) is 9.67. The van der Waals surface area contributed by atoms with E-state index in [1.54, 1.807) is 0 Å². The molecule has 2 amide bonds. The van der Waals surface area contributed by atoms with Crippen LogP contribution in [0.15, 0.2) is 0 Å². The molecule has 0 aliphatic rings. The molecule has 0 fully saturated rings. The van der Waals surface area contributed by atoms with Gasteiger partial charge < -0.3 is 26.6 Å². The van der Waals surface area contributed by atoms with Crippen LogP contribution in [-0.2, 0) is 19.2 Å². The van der Waals surface area contributed by atoms with E-state index in [0.717, 1.165) is 0 Å².